The van der Waals surface area contributed by atoms with E-state index in [1.165, 1.54) is 5.56 Å². The van der Waals surface area contributed by atoms with Gasteiger partial charge >= 0.3 is 0 Å². The van der Waals surface area contributed by atoms with Crippen LogP contribution in [0, 0.1) is 6.92 Å². The van der Waals surface area contributed by atoms with Gasteiger partial charge in [0, 0.05) is 22.8 Å². The Kier molecular flexibility index (Phi) is 6.10. The number of anilines is 1. The zero-order valence-electron chi connectivity index (χ0n) is 14.7. The first kappa shape index (κ1) is 18.2. The first-order valence-corrected chi connectivity index (χ1v) is 9.52. The van der Waals surface area contributed by atoms with Crippen molar-refractivity contribution in [1.82, 2.24) is 0 Å². The summed E-state index contributed by atoms with van der Waals surface area (Å²) in [6, 6.07) is 23.8. The second-order valence-corrected chi connectivity index (χ2v) is 7.15. The molecule has 3 nitrogen and oxygen atoms in total. The highest BCUT2D eigenvalue weighted by atomic mass is 32.2. The largest absolute Gasteiger partial charge is 0.326 e. The minimum Gasteiger partial charge on any atom is -0.326 e. The molecule has 4 heteroatoms. The number of hydrogen-bond donors (Lipinski definition) is 2. The third-order valence-corrected chi connectivity index (χ3v) is 5.22. The van der Waals surface area contributed by atoms with Crippen molar-refractivity contribution in [1.29, 1.82) is 0 Å². The first-order chi connectivity index (χ1) is 12.7. The Morgan fingerprint density at radius 3 is 2.38 bits per heavy atom. The zero-order chi connectivity index (χ0) is 18.4. The van der Waals surface area contributed by atoms with E-state index < -0.39 is 0 Å². The summed E-state index contributed by atoms with van der Waals surface area (Å²) in [6.07, 6.45) is 0. The summed E-state index contributed by atoms with van der Waals surface area (Å²) < 4.78 is 0. The molecule has 0 unspecified atom stereocenters. The molecule has 0 heterocycles. The van der Waals surface area contributed by atoms with Gasteiger partial charge in [-0.25, -0.2) is 0 Å². The number of thioether (sulfide) groups is 1. The van der Waals surface area contributed by atoms with Crippen molar-refractivity contribution >= 4 is 23.4 Å². The van der Waals surface area contributed by atoms with Gasteiger partial charge in [-0.15, -0.1) is 11.8 Å². The van der Waals surface area contributed by atoms with Crippen LogP contribution in [0.4, 0.5) is 5.69 Å². The molecule has 3 aromatic carbocycles. The van der Waals surface area contributed by atoms with Crippen molar-refractivity contribution in [2.75, 3.05) is 5.32 Å². The molecule has 0 aliphatic carbocycles. The van der Waals surface area contributed by atoms with Crippen molar-refractivity contribution in [2.24, 2.45) is 5.73 Å². The topological polar surface area (TPSA) is 55.1 Å². The summed E-state index contributed by atoms with van der Waals surface area (Å²) in [7, 11) is 0. The van der Waals surface area contributed by atoms with Crippen molar-refractivity contribution < 1.29 is 4.79 Å². The lowest BCUT2D eigenvalue weighted by Crippen LogP contribution is -2.13. The molecule has 0 saturated carbocycles. The molecule has 0 fully saturated rings. The van der Waals surface area contributed by atoms with Gasteiger partial charge in [-0.1, -0.05) is 54.1 Å². The molecule has 26 heavy (non-hydrogen) atoms. The molecular formula is C22H22N2OS. The van der Waals surface area contributed by atoms with Crippen molar-refractivity contribution in [2.45, 2.75) is 24.1 Å². The molecule has 0 saturated heterocycles. The van der Waals surface area contributed by atoms with E-state index in [2.05, 4.69) is 17.4 Å². The number of nitrogens with one attached hydrogen (secondary N) is 1. The Morgan fingerprint density at radius 2 is 1.69 bits per heavy atom. The van der Waals surface area contributed by atoms with Crippen molar-refractivity contribution in [3.8, 4) is 0 Å². The van der Waals surface area contributed by atoms with Gasteiger partial charge in [-0.05, 0) is 42.3 Å². The number of carbonyl (C=O) groups excluding carboxylic acids is 1. The fourth-order valence-electron chi connectivity index (χ4n) is 2.56. The van der Waals surface area contributed by atoms with Gasteiger partial charge in [0.1, 0.15) is 0 Å². The second-order valence-electron chi connectivity index (χ2n) is 6.13. The van der Waals surface area contributed by atoms with Gasteiger partial charge in [-0.3, -0.25) is 4.79 Å². The maximum atomic E-state index is 12.6. The Balaban J connectivity index is 1.79. The predicted molar refractivity (Wildman–Crippen MR) is 109 cm³/mol. The molecule has 0 aliphatic rings. The second kappa shape index (κ2) is 8.70. The molecular weight excluding hydrogens is 340 g/mol. The van der Waals surface area contributed by atoms with Crippen LogP contribution in [0.5, 0.6) is 0 Å². The van der Waals surface area contributed by atoms with Crippen LogP contribution in [-0.2, 0) is 12.3 Å². The maximum Gasteiger partial charge on any atom is 0.255 e. The number of carbonyl (C=O) groups is 1. The minimum atomic E-state index is -0.110. The molecule has 0 aromatic heterocycles. The van der Waals surface area contributed by atoms with E-state index in [-0.39, 0.29) is 5.91 Å². The standard InChI is InChI=1S/C22H22N2OS/c1-16-7-10-19(11-8-16)22(25)24-20-13-18(14-23)9-12-21(20)26-15-17-5-3-2-4-6-17/h2-13H,14-15,23H2,1H3,(H,24,25). The van der Waals surface area contributed by atoms with Gasteiger partial charge in [0.25, 0.3) is 5.91 Å². The predicted octanol–water partition coefficient (Wildman–Crippen LogP) is 5.00. The summed E-state index contributed by atoms with van der Waals surface area (Å²) in [5.74, 6) is 0.733. The first-order valence-electron chi connectivity index (χ1n) is 8.53. The third-order valence-electron chi connectivity index (χ3n) is 4.08. The summed E-state index contributed by atoms with van der Waals surface area (Å²) >= 11 is 1.70. The molecule has 3 rings (SSSR count). The monoisotopic (exact) mass is 362 g/mol. The summed E-state index contributed by atoms with van der Waals surface area (Å²) in [5.41, 5.74) is 10.6. The normalized spacial score (nSPS) is 10.5. The minimum absolute atomic E-state index is 0.110. The van der Waals surface area contributed by atoms with Crippen molar-refractivity contribution in [3.05, 3.63) is 95.1 Å². The molecule has 0 spiro atoms. The highest BCUT2D eigenvalue weighted by Crippen LogP contribution is 2.31. The van der Waals surface area contributed by atoms with E-state index in [1.54, 1.807) is 11.8 Å². The molecule has 0 bridgehead atoms. The van der Waals surface area contributed by atoms with Crippen LogP contribution in [-0.4, -0.2) is 5.91 Å². The van der Waals surface area contributed by atoms with Crippen LogP contribution in [0.1, 0.15) is 27.0 Å². The number of hydrogen-bond acceptors (Lipinski definition) is 3. The van der Waals surface area contributed by atoms with Crippen LogP contribution < -0.4 is 11.1 Å². The average Bonchev–Trinajstić information content (AvgIpc) is 2.68. The van der Waals surface area contributed by atoms with Gasteiger partial charge in [0.05, 0.1) is 5.69 Å². The SMILES string of the molecule is Cc1ccc(C(=O)Nc2cc(CN)ccc2SCc2ccccc2)cc1. The summed E-state index contributed by atoms with van der Waals surface area (Å²) in [5, 5.41) is 3.04. The van der Waals surface area contributed by atoms with Crippen LogP contribution >= 0.6 is 11.8 Å². The number of benzene rings is 3. The summed E-state index contributed by atoms with van der Waals surface area (Å²) in [4.78, 5) is 13.6. The summed E-state index contributed by atoms with van der Waals surface area (Å²) in [6.45, 7) is 2.45. The highest BCUT2D eigenvalue weighted by Gasteiger charge is 2.11. The van der Waals surface area contributed by atoms with Crippen molar-refractivity contribution in [3.63, 3.8) is 0 Å². The average molecular weight is 362 g/mol. The lowest BCUT2D eigenvalue weighted by molar-refractivity contribution is 0.102. The Bertz CT molecular complexity index is 876. The molecule has 3 aromatic rings. The molecule has 0 aliphatic heterocycles. The van der Waals surface area contributed by atoms with E-state index >= 15 is 0 Å². The van der Waals surface area contributed by atoms with Gasteiger partial charge in [0.15, 0.2) is 0 Å². The third kappa shape index (κ3) is 4.75. The smallest absolute Gasteiger partial charge is 0.255 e. The number of nitrogens with two attached hydrogens (primary N) is 1. The van der Waals surface area contributed by atoms with Gasteiger partial charge in [0.2, 0.25) is 0 Å². The number of rotatable bonds is 6. The van der Waals surface area contributed by atoms with Crippen LogP contribution in [0.3, 0.4) is 0 Å². The molecule has 1 amide bonds. The van der Waals surface area contributed by atoms with E-state index in [0.717, 1.165) is 27.5 Å². The lowest BCUT2D eigenvalue weighted by atomic mass is 10.1. The van der Waals surface area contributed by atoms with E-state index in [1.807, 2.05) is 67.6 Å². The number of aryl methyl sites for hydroxylation is 1. The van der Waals surface area contributed by atoms with E-state index in [9.17, 15) is 4.79 Å². The van der Waals surface area contributed by atoms with E-state index in [0.29, 0.717) is 12.1 Å². The Hall–Kier alpha value is -2.56. The zero-order valence-corrected chi connectivity index (χ0v) is 15.6. The molecule has 0 radical (unpaired) electrons. The quantitative estimate of drug-likeness (QED) is 0.607. The van der Waals surface area contributed by atoms with Crippen LogP contribution in [0.2, 0.25) is 0 Å². The van der Waals surface area contributed by atoms with E-state index in [4.69, 9.17) is 5.73 Å². The molecule has 3 N–H and O–H groups in total. The van der Waals surface area contributed by atoms with Gasteiger partial charge in [-0.2, -0.15) is 0 Å². The lowest BCUT2D eigenvalue weighted by Gasteiger charge is -2.13. The number of amides is 1. The van der Waals surface area contributed by atoms with Gasteiger partial charge < -0.3 is 11.1 Å². The van der Waals surface area contributed by atoms with Crippen LogP contribution in [0.25, 0.3) is 0 Å². The molecule has 132 valence electrons. The highest BCUT2D eigenvalue weighted by molar-refractivity contribution is 7.98. The fraction of sp³-hybridized carbons (Fsp3) is 0.136. The Labute approximate surface area is 158 Å². The maximum absolute atomic E-state index is 12.6. The molecule has 0 atom stereocenters. The van der Waals surface area contributed by atoms with Crippen LogP contribution in [0.15, 0.2) is 77.7 Å². The Morgan fingerprint density at radius 1 is 0.962 bits per heavy atom. The fourth-order valence-corrected chi connectivity index (χ4v) is 3.51.